The summed E-state index contributed by atoms with van der Waals surface area (Å²) in [5.41, 5.74) is 0. The SMILES string of the molecule is [Fe+2].[Fe+2].[OH-].[OH-]. The minimum absolute atomic E-state index is 0. The second-order valence-corrected chi connectivity index (χ2v) is 0. The molecule has 0 saturated carbocycles. The van der Waals surface area contributed by atoms with Gasteiger partial charge in [-0.2, -0.15) is 0 Å². The fourth-order valence-corrected chi connectivity index (χ4v) is 0. The van der Waals surface area contributed by atoms with Gasteiger partial charge in [0.25, 0.3) is 0 Å². The van der Waals surface area contributed by atoms with Gasteiger partial charge in [0.1, 0.15) is 0 Å². The van der Waals surface area contributed by atoms with Crippen LogP contribution in [0.5, 0.6) is 0 Å². The predicted molar refractivity (Wildman–Crippen MR) is 3.87 cm³/mol. The maximum absolute atomic E-state index is 0. The van der Waals surface area contributed by atoms with Crippen molar-refractivity contribution in [3.05, 3.63) is 0 Å². The monoisotopic (exact) mass is 146 g/mol. The van der Waals surface area contributed by atoms with Crippen LogP contribution in [0.15, 0.2) is 0 Å². The molecule has 0 aromatic rings. The molecule has 0 aromatic carbocycles. The van der Waals surface area contributed by atoms with Crippen molar-refractivity contribution in [2.45, 2.75) is 0 Å². The molecule has 0 fully saturated rings. The second-order valence-electron chi connectivity index (χ2n) is 0. The molecular formula is H2Fe2O2+2. The van der Waals surface area contributed by atoms with E-state index in [2.05, 4.69) is 0 Å². The Bertz CT molecular complexity index is 4.00. The molecule has 2 N–H and O–H groups in total. The number of rotatable bonds is 0. The van der Waals surface area contributed by atoms with Crippen molar-refractivity contribution in [3.8, 4) is 0 Å². The Morgan fingerprint density at radius 3 is 0.500 bits per heavy atom. The summed E-state index contributed by atoms with van der Waals surface area (Å²) < 4.78 is 0. The maximum Gasteiger partial charge on any atom is 2.00 e. The first-order valence-electron chi connectivity index (χ1n) is 0. The van der Waals surface area contributed by atoms with E-state index in [9.17, 15) is 0 Å². The van der Waals surface area contributed by atoms with Gasteiger partial charge in [-0.15, -0.1) is 0 Å². The van der Waals surface area contributed by atoms with E-state index in [1.807, 2.05) is 0 Å². The van der Waals surface area contributed by atoms with Gasteiger partial charge < -0.3 is 11.0 Å². The van der Waals surface area contributed by atoms with Crippen molar-refractivity contribution in [1.82, 2.24) is 0 Å². The molecule has 0 unspecified atom stereocenters. The van der Waals surface area contributed by atoms with E-state index in [-0.39, 0.29) is 45.1 Å². The molecule has 0 aliphatic heterocycles. The predicted octanol–water partition coefficient (Wildman–Crippen LogP) is -0.359. The molecule has 0 radical (unpaired) electrons. The minimum Gasteiger partial charge on any atom is -0.870 e. The Morgan fingerprint density at radius 1 is 0.500 bits per heavy atom. The molecular weight excluding hydrogens is 144 g/mol. The zero-order valence-electron chi connectivity index (χ0n) is 1.60. The van der Waals surface area contributed by atoms with Crippen LogP contribution < -0.4 is 0 Å². The molecule has 28 valence electrons. The normalized spacial score (nSPS) is 0. The Hall–Kier alpha value is 0.959. The average molecular weight is 146 g/mol. The molecule has 2 nitrogen and oxygen atoms in total. The van der Waals surface area contributed by atoms with E-state index in [0.717, 1.165) is 0 Å². The molecule has 0 heterocycles. The van der Waals surface area contributed by atoms with Crippen LogP contribution in [0.1, 0.15) is 0 Å². The van der Waals surface area contributed by atoms with Gasteiger partial charge in [-0.05, 0) is 0 Å². The third-order valence-corrected chi connectivity index (χ3v) is 0. The Labute approximate surface area is 45.5 Å². The Kier molecular flexibility index (Phi) is 796. The first kappa shape index (κ1) is 84.5. The fourth-order valence-electron chi connectivity index (χ4n) is 0. The second kappa shape index (κ2) is 37.7. The van der Waals surface area contributed by atoms with Crippen molar-refractivity contribution in [2.24, 2.45) is 0 Å². The molecule has 0 atom stereocenters. The summed E-state index contributed by atoms with van der Waals surface area (Å²) >= 11 is 0. The molecule has 0 amide bonds. The summed E-state index contributed by atoms with van der Waals surface area (Å²) in [6.07, 6.45) is 0. The summed E-state index contributed by atoms with van der Waals surface area (Å²) in [6.45, 7) is 0. The summed E-state index contributed by atoms with van der Waals surface area (Å²) in [5.74, 6) is 0. The van der Waals surface area contributed by atoms with Gasteiger partial charge >= 0.3 is 34.1 Å². The van der Waals surface area contributed by atoms with Gasteiger partial charge in [0.05, 0.1) is 0 Å². The Morgan fingerprint density at radius 2 is 0.500 bits per heavy atom. The van der Waals surface area contributed by atoms with Crippen LogP contribution in [0.2, 0.25) is 0 Å². The third-order valence-electron chi connectivity index (χ3n) is 0. The van der Waals surface area contributed by atoms with E-state index in [4.69, 9.17) is 0 Å². The molecule has 0 aromatic heterocycles. The zero-order chi connectivity index (χ0) is 0. The first-order valence-corrected chi connectivity index (χ1v) is 0. The van der Waals surface area contributed by atoms with Crippen LogP contribution in [0.3, 0.4) is 0 Å². The molecule has 4 heavy (non-hydrogen) atoms. The average Bonchev–Trinajstić information content (AvgIpc) is 0. The number of hydrogen-bond acceptors (Lipinski definition) is 2. The fraction of sp³-hybridized carbons (Fsp3) is 0. The van der Waals surface area contributed by atoms with Gasteiger partial charge in [0, 0.05) is 0 Å². The summed E-state index contributed by atoms with van der Waals surface area (Å²) in [7, 11) is 0. The molecule has 0 spiro atoms. The first-order chi connectivity index (χ1) is 0. The van der Waals surface area contributed by atoms with Crippen LogP contribution in [-0.2, 0) is 34.1 Å². The van der Waals surface area contributed by atoms with Crippen molar-refractivity contribution in [3.63, 3.8) is 0 Å². The summed E-state index contributed by atoms with van der Waals surface area (Å²) in [4.78, 5) is 0. The summed E-state index contributed by atoms with van der Waals surface area (Å²) in [5, 5.41) is 0. The quantitative estimate of drug-likeness (QED) is 0.438. The van der Waals surface area contributed by atoms with Crippen molar-refractivity contribution in [1.29, 1.82) is 0 Å². The van der Waals surface area contributed by atoms with Gasteiger partial charge in [-0.25, -0.2) is 0 Å². The molecule has 0 bridgehead atoms. The van der Waals surface area contributed by atoms with E-state index in [1.165, 1.54) is 0 Å². The topological polar surface area (TPSA) is 60.0 Å². The molecule has 0 rings (SSSR count). The van der Waals surface area contributed by atoms with Crippen molar-refractivity contribution >= 4 is 0 Å². The van der Waals surface area contributed by atoms with E-state index < -0.39 is 0 Å². The van der Waals surface area contributed by atoms with Crippen LogP contribution in [0, 0.1) is 0 Å². The van der Waals surface area contributed by atoms with Gasteiger partial charge in [0.15, 0.2) is 0 Å². The van der Waals surface area contributed by atoms with Crippen LogP contribution in [0.4, 0.5) is 0 Å². The van der Waals surface area contributed by atoms with E-state index in [0.29, 0.717) is 0 Å². The molecule has 0 saturated heterocycles. The zero-order valence-corrected chi connectivity index (χ0v) is 3.81. The van der Waals surface area contributed by atoms with Crippen molar-refractivity contribution in [2.75, 3.05) is 0 Å². The smallest absolute Gasteiger partial charge is 0.870 e. The number of hydrogen-bond donors (Lipinski definition) is 0. The Balaban J connectivity index is 0. The minimum atomic E-state index is 0. The standard InChI is InChI=1S/2Fe.2H2O/h;;2*1H2/q2*+2;;/p-2. The molecule has 4 heteroatoms. The van der Waals surface area contributed by atoms with Crippen LogP contribution >= 0.6 is 0 Å². The van der Waals surface area contributed by atoms with Gasteiger partial charge in [0.2, 0.25) is 0 Å². The van der Waals surface area contributed by atoms with E-state index in [1.54, 1.807) is 0 Å². The largest absolute Gasteiger partial charge is 2.00 e. The molecule has 0 aliphatic rings. The molecule has 0 aliphatic carbocycles. The summed E-state index contributed by atoms with van der Waals surface area (Å²) in [6, 6.07) is 0. The van der Waals surface area contributed by atoms with Crippen LogP contribution in [0.25, 0.3) is 0 Å². The maximum atomic E-state index is 0. The third kappa shape index (κ3) is 12.3. The van der Waals surface area contributed by atoms with E-state index >= 15 is 0 Å². The van der Waals surface area contributed by atoms with Crippen molar-refractivity contribution < 1.29 is 45.1 Å². The van der Waals surface area contributed by atoms with Gasteiger partial charge in [-0.1, -0.05) is 0 Å². The van der Waals surface area contributed by atoms with Crippen LogP contribution in [-0.4, -0.2) is 11.0 Å². The van der Waals surface area contributed by atoms with Gasteiger partial charge in [-0.3, -0.25) is 0 Å².